The summed E-state index contributed by atoms with van der Waals surface area (Å²) in [7, 11) is 1.60. The fourth-order valence-corrected chi connectivity index (χ4v) is 1.63. The number of aldehydes is 1. The van der Waals surface area contributed by atoms with E-state index in [9.17, 15) is 9.59 Å². The van der Waals surface area contributed by atoms with E-state index in [4.69, 9.17) is 0 Å². The Balaban J connectivity index is 2.67. The Morgan fingerprint density at radius 1 is 1.50 bits per heavy atom. The number of hydrogen-bond acceptors (Lipinski definition) is 2. The first-order valence-electron chi connectivity index (χ1n) is 5.40. The average Bonchev–Trinajstić information content (AvgIpc) is 2.29. The third kappa shape index (κ3) is 3.50. The zero-order valence-corrected chi connectivity index (χ0v) is 9.69. The molecule has 0 saturated carbocycles. The minimum atomic E-state index is -0.183. The van der Waals surface area contributed by atoms with E-state index in [0.717, 1.165) is 17.4 Å². The van der Waals surface area contributed by atoms with Crippen LogP contribution in [0.2, 0.25) is 0 Å². The SMILES string of the molecule is CNC(=O)CCC(C=O)c1cccc(C)c1. The van der Waals surface area contributed by atoms with Gasteiger partial charge in [-0.2, -0.15) is 0 Å². The van der Waals surface area contributed by atoms with E-state index < -0.39 is 0 Å². The van der Waals surface area contributed by atoms with Gasteiger partial charge in [0.05, 0.1) is 0 Å². The molecule has 1 aromatic carbocycles. The van der Waals surface area contributed by atoms with Crippen molar-refractivity contribution in [3.63, 3.8) is 0 Å². The molecule has 0 saturated heterocycles. The van der Waals surface area contributed by atoms with Gasteiger partial charge in [0.1, 0.15) is 6.29 Å². The predicted octanol–water partition coefficient (Wildman–Crippen LogP) is 1.80. The van der Waals surface area contributed by atoms with E-state index in [2.05, 4.69) is 5.32 Å². The Hall–Kier alpha value is -1.64. The molecule has 0 bridgehead atoms. The number of carbonyl (C=O) groups excluding carboxylic acids is 2. The Labute approximate surface area is 95.9 Å². The molecule has 3 heteroatoms. The first kappa shape index (κ1) is 12.4. The van der Waals surface area contributed by atoms with Crippen molar-refractivity contribution >= 4 is 12.2 Å². The van der Waals surface area contributed by atoms with Gasteiger partial charge in [-0.1, -0.05) is 29.8 Å². The van der Waals surface area contributed by atoms with Crippen molar-refractivity contribution in [1.82, 2.24) is 5.32 Å². The van der Waals surface area contributed by atoms with Gasteiger partial charge in [-0.05, 0) is 18.9 Å². The molecule has 0 fully saturated rings. The van der Waals surface area contributed by atoms with Crippen molar-refractivity contribution in [1.29, 1.82) is 0 Å². The molecular weight excluding hydrogens is 202 g/mol. The lowest BCUT2D eigenvalue weighted by molar-refractivity contribution is -0.120. The van der Waals surface area contributed by atoms with Crippen LogP contribution >= 0.6 is 0 Å². The van der Waals surface area contributed by atoms with Gasteiger partial charge < -0.3 is 10.1 Å². The highest BCUT2D eigenvalue weighted by molar-refractivity contribution is 5.76. The Kier molecular flexibility index (Phi) is 4.70. The molecule has 1 rings (SSSR count). The van der Waals surface area contributed by atoms with Gasteiger partial charge >= 0.3 is 0 Å². The zero-order chi connectivity index (χ0) is 12.0. The Morgan fingerprint density at radius 3 is 2.81 bits per heavy atom. The Morgan fingerprint density at radius 2 is 2.25 bits per heavy atom. The molecule has 16 heavy (non-hydrogen) atoms. The molecule has 86 valence electrons. The normalized spacial score (nSPS) is 11.9. The summed E-state index contributed by atoms with van der Waals surface area (Å²) in [5.41, 5.74) is 2.11. The highest BCUT2D eigenvalue weighted by Gasteiger charge is 2.12. The second-order valence-electron chi connectivity index (χ2n) is 3.87. The third-order valence-corrected chi connectivity index (χ3v) is 2.60. The van der Waals surface area contributed by atoms with Crippen LogP contribution in [0.3, 0.4) is 0 Å². The van der Waals surface area contributed by atoms with E-state index >= 15 is 0 Å². The van der Waals surface area contributed by atoms with Gasteiger partial charge in [0.15, 0.2) is 0 Å². The average molecular weight is 219 g/mol. The Bertz CT molecular complexity index is 374. The lowest BCUT2D eigenvalue weighted by Crippen LogP contribution is -2.18. The maximum absolute atomic E-state index is 11.1. The van der Waals surface area contributed by atoms with Crippen LogP contribution in [-0.2, 0) is 9.59 Å². The van der Waals surface area contributed by atoms with E-state index in [-0.39, 0.29) is 11.8 Å². The lowest BCUT2D eigenvalue weighted by Gasteiger charge is -2.10. The van der Waals surface area contributed by atoms with Crippen molar-refractivity contribution in [2.45, 2.75) is 25.7 Å². The van der Waals surface area contributed by atoms with Crippen LogP contribution in [-0.4, -0.2) is 19.2 Å². The smallest absolute Gasteiger partial charge is 0.219 e. The predicted molar refractivity (Wildman–Crippen MR) is 63.3 cm³/mol. The number of benzene rings is 1. The standard InChI is InChI=1S/C13H17NO2/c1-10-4-3-5-11(8-10)12(9-15)6-7-13(16)14-2/h3-5,8-9,12H,6-7H2,1-2H3,(H,14,16). The number of rotatable bonds is 5. The number of aryl methyl sites for hydroxylation is 1. The van der Waals surface area contributed by atoms with Crippen LogP contribution < -0.4 is 5.32 Å². The fourth-order valence-electron chi connectivity index (χ4n) is 1.63. The maximum atomic E-state index is 11.1. The number of amides is 1. The van der Waals surface area contributed by atoms with Crippen molar-refractivity contribution in [2.75, 3.05) is 7.05 Å². The van der Waals surface area contributed by atoms with Gasteiger partial charge in [-0.3, -0.25) is 4.79 Å². The molecule has 0 heterocycles. The van der Waals surface area contributed by atoms with Crippen LogP contribution in [0.15, 0.2) is 24.3 Å². The second kappa shape index (κ2) is 6.05. The van der Waals surface area contributed by atoms with E-state index in [1.807, 2.05) is 31.2 Å². The topological polar surface area (TPSA) is 46.2 Å². The molecule has 0 aromatic heterocycles. The van der Waals surface area contributed by atoms with Crippen LogP contribution in [0.4, 0.5) is 0 Å². The quantitative estimate of drug-likeness (QED) is 0.768. The monoisotopic (exact) mass is 219 g/mol. The number of carbonyl (C=O) groups is 2. The van der Waals surface area contributed by atoms with Gasteiger partial charge in [-0.25, -0.2) is 0 Å². The first-order valence-corrected chi connectivity index (χ1v) is 5.40. The summed E-state index contributed by atoms with van der Waals surface area (Å²) in [6.07, 6.45) is 1.86. The highest BCUT2D eigenvalue weighted by atomic mass is 16.1. The summed E-state index contributed by atoms with van der Waals surface area (Å²) >= 11 is 0. The summed E-state index contributed by atoms with van der Waals surface area (Å²) in [6, 6.07) is 7.84. The number of hydrogen-bond donors (Lipinski definition) is 1. The van der Waals surface area contributed by atoms with Crippen LogP contribution in [0.1, 0.15) is 29.9 Å². The van der Waals surface area contributed by atoms with E-state index in [0.29, 0.717) is 12.8 Å². The lowest BCUT2D eigenvalue weighted by atomic mass is 9.94. The van der Waals surface area contributed by atoms with Gasteiger partial charge in [0.25, 0.3) is 0 Å². The molecule has 1 N–H and O–H groups in total. The van der Waals surface area contributed by atoms with Crippen molar-refractivity contribution in [3.8, 4) is 0 Å². The first-order chi connectivity index (χ1) is 7.67. The molecule has 1 atom stereocenters. The molecule has 0 aliphatic heterocycles. The molecule has 1 unspecified atom stereocenters. The van der Waals surface area contributed by atoms with Crippen molar-refractivity contribution in [2.24, 2.45) is 0 Å². The number of nitrogens with one attached hydrogen (secondary N) is 1. The largest absolute Gasteiger partial charge is 0.359 e. The van der Waals surface area contributed by atoms with E-state index in [1.165, 1.54) is 0 Å². The van der Waals surface area contributed by atoms with Crippen LogP contribution in [0.5, 0.6) is 0 Å². The fraction of sp³-hybridized carbons (Fsp3) is 0.385. The molecule has 0 spiro atoms. The molecule has 1 aromatic rings. The summed E-state index contributed by atoms with van der Waals surface area (Å²) in [5.74, 6) is -0.211. The molecular formula is C13H17NO2. The van der Waals surface area contributed by atoms with Gasteiger partial charge in [-0.15, -0.1) is 0 Å². The summed E-state index contributed by atoms with van der Waals surface area (Å²) in [5, 5.41) is 2.55. The van der Waals surface area contributed by atoms with Crippen LogP contribution in [0, 0.1) is 6.92 Å². The minimum absolute atomic E-state index is 0.0282. The molecule has 0 radical (unpaired) electrons. The molecule has 3 nitrogen and oxygen atoms in total. The van der Waals surface area contributed by atoms with Crippen molar-refractivity contribution in [3.05, 3.63) is 35.4 Å². The molecule has 1 amide bonds. The maximum Gasteiger partial charge on any atom is 0.219 e. The van der Waals surface area contributed by atoms with Gasteiger partial charge in [0.2, 0.25) is 5.91 Å². The zero-order valence-electron chi connectivity index (χ0n) is 9.69. The highest BCUT2D eigenvalue weighted by Crippen LogP contribution is 2.19. The van der Waals surface area contributed by atoms with E-state index in [1.54, 1.807) is 7.05 Å². The minimum Gasteiger partial charge on any atom is -0.359 e. The molecule has 0 aliphatic rings. The summed E-state index contributed by atoms with van der Waals surface area (Å²) in [4.78, 5) is 22.1. The van der Waals surface area contributed by atoms with Crippen LogP contribution in [0.25, 0.3) is 0 Å². The summed E-state index contributed by atoms with van der Waals surface area (Å²) in [6.45, 7) is 1.99. The van der Waals surface area contributed by atoms with Crippen molar-refractivity contribution < 1.29 is 9.59 Å². The third-order valence-electron chi connectivity index (χ3n) is 2.60. The summed E-state index contributed by atoms with van der Waals surface area (Å²) < 4.78 is 0. The molecule has 0 aliphatic carbocycles. The second-order valence-corrected chi connectivity index (χ2v) is 3.87. The van der Waals surface area contributed by atoms with Gasteiger partial charge in [0, 0.05) is 19.4 Å².